The van der Waals surface area contributed by atoms with Crippen molar-refractivity contribution in [3.05, 3.63) is 0 Å². The number of rotatable bonds is 7. The summed E-state index contributed by atoms with van der Waals surface area (Å²) in [6.07, 6.45) is 7.14. The van der Waals surface area contributed by atoms with Gasteiger partial charge < -0.3 is 4.74 Å². The number of ether oxygens (including phenoxy) is 1. The molecular formula is C15H32N2O. The Morgan fingerprint density at radius 1 is 1.28 bits per heavy atom. The molecule has 1 aliphatic rings. The van der Waals surface area contributed by atoms with Crippen LogP contribution < -0.4 is 11.3 Å². The van der Waals surface area contributed by atoms with Gasteiger partial charge in [-0.2, -0.15) is 0 Å². The predicted octanol–water partition coefficient (Wildman–Crippen LogP) is 3.24. The molecule has 1 saturated carbocycles. The zero-order valence-electron chi connectivity index (χ0n) is 12.7. The molecule has 0 radical (unpaired) electrons. The van der Waals surface area contributed by atoms with Crippen molar-refractivity contribution < 1.29 is 4.74 Å². The molecule has 0 bridgehead atoms. The summed E-state index contributed by atoms with van der Waals surface area (Å²) in [6.45, 7) is 9.76. The van der Waals surface area contributed by atoms with E-state index in [-0.39, 0.29) is 5.60 Å². The van der Waals surface area contributed by atoms with Gasteiger partial charge >= 0.3 is 0 Å². The lowest BCUT2D eigenvalue weighted by atomic mass is 9.74. The van der Waals surface area contributed by atoms with E-state index in [1.165, 1.54) is 19.3 Å². The second-order valence-corrected chi connectivity index (χ2v) is 6.37. The molecule has 1 unspecified atom stereocenters. The molecule has 0 aromatic rings. The fraction of sp³-hybridized carbons (Fsp3) is 1.00. The smallest absolute Gasteiger partial charge is 0.0848 e. The molecule has 0 aliphatic heterocycles. The largest absolute Gasteiger partial charge is 0.374 e. The average molecular weight is 256 g/mol. The molecule has 0 aromatic heterocycles. The SMILES string of the molecule is CCOC1(C(CCC(C)C)NN)CCC(C)CC1. The highest BCUT2D eigenvalue weighted by molar-refractivity contribution is 4.95. The number of nitrogens with one attached hydrogen (secondary N) is 1. The minimum absolute atomic E-state index is 0.0229. The van der Waals surface area contributed by atoms with Crippen LogP contribution in [0.2, 0.25) is 0 Å². The summed E-state index contributed by atoms with van der Waals surface area (Å²) in [5.41, 5.74) is 3.02. The Labute approximate surface area is 113 Å². The highest BCUT2D eigenvalue weighted by Crippen LogP contribution is 2.38. The van der Waals surface area contributed by atoms with E-state index in [4.69, 9.17) is 10.6 Å². The molecular weight excluding hydrogens is 224 g/mol. The van der Waals surface area contributed by atoms with Gasteiger partial charge in [0, 0.05) is 6.61 Å². The number of hydrazine groups is 1. The van der Waals surface area contributed by atoms with E-state index in [2.05, 4.69) is 33.1 Å². The van der Waals surface area contributed by atoms with Crippen molar-refractivity contribution in [2.75, 3.05) is 6.61 Å². The molecule has 3 N–H and O–H groups in total. The standard InChI is InChI=1S/C15H32N2O/c1-5-18-15(10-8-13(4)9-11-15)14(17-16)7-6-12(2)3/h12-14,17H,5-11,16H2,1-4H3. The van der Waals surface area contributed by atoms with Crippen LogP contribution in [0.25, 0.3) is 0 Å². The normalized spacial score (nSPS) is 30.7. The van der Waals surface area contributed by atoms with Crippen LogP contribution in [-0.4, -0.2) is 18.2 Å². The van der Waals surface area contributed by atoms with Crippen LogP contribution in [0.1, 0.15) is 66.2 Å². The van der Waals surface area contributed by atoms with Gasteiger partial charge in [-0.1, -0.05) is 20.8 Å². The van der Waals surface area contributed by atoms with Crippen molar-refractivity contribution in [3.63, 3.8) is 0 Å². The molecule has 1 atom stereocenters. The molecule has 108 valence electrons. The maximum Gasteiger partial charge on any atom is 0.0848 e. The minimum atomic E-state index is -0.0229. The maximum absolute atomic E-state index is 6.16. The van der Waals surface area contributed by atoms with Crippen LogP contribution >= 0.6 is 0 Å². The minimum Gasteiger partial charge on any atom is -0.374 e. The Morgan fingerprint density at radius 3 is 2.33 bits per heavy atom. The van der Waals surface area contributed by atoms with Gasteiger partial charge in [-0.05, 0) is 57.3 Å². The molecule has 3 nitrogen and oxygen atoms in total. The monoisotopic (exact) mass is 256 g/mol. The van der Waals surface area contributed by atoms with Gasteiger partial charge in [0.1, 0.15) is 0 Å². The van der Waals surface area contributed by atoms with Gasteiger partial charge in [-0.15, -0.1) is 0 Å². The second kappa shape index (κ2) is 7.46. The van der Waals surface area contributed by atoms with Crippen LogP contribution in [0.3, 0.4) is 0 Å². The molecule has 0 amide bonds. The van der Waals surface area contributed by atoms with Crippen LogP contribution in [0, 0.1) is 11.8 Å². The van der Waals surface area contributed by atoms with E-state index in [1.54, 1.807) is 0 Å². The van der Waals surface area contributed by atoms with Crippen molar-refractivity contribution >= 4 is 0 Å². The zero-order valence-corrected chi connectivity index (χ0v) is 12.7. The van der Waals surface area contributed by atoms with Crippen LogP contribution in [0.5, 0.6) is 0 Å². The third kappa shape index (κ3) is 4.22. The Balaban J connectivity index is 2.67. The maximum atomic E-state index is 6.16. The summed E-state index contributed by atoms with van der Waals surface area (Å²) >= 11 is 0. The van der Waals surface area contributed by atoms with E-state index < -0.39 is 0 Å². The zero-order chi connectivity index (χ0) is 13.6. The summed E-state index contributed by atoms with van der Waals surface area (Å²) in [7, 11) is 0. The molecule has 0 aromatic carbocycles. The second-order valence-electron chi connectivity index (χ2n) is 6.37. The number of hydrogen-bond acceptors (Lipinski definition) is 3. The van der Waals surface area contributed by atoms with Gasteiger partial charge in [0.25, 0.3) is 0 Å². The third-order valence-corrected chi connectivity index (χ3v) is 4.42. The molecule has 0 spiro atoms. The van der Waals surface area contributed by atoms with E-state index in [0.29, 0.717) is 6.04 Å². The Kier molecular flexibility index (Phi) is 6.61. The summed E-state index contributed by atoms with van der Waals surface area (Å²) in [6, 6.07) is 0.298. The fourth-order valence-electron chi connectivity index (χ4n) is 3.13. The van der Waals surface area contributed by atoms with Crippen LogP contribution in [0.4, 0.5) is 0 Å². The molecule has 1 aliphatic carbocycles. The quantitative estimate of drug-likeness (QED) is 0.543. The van der Waals surface area contributed by atoms with E-state index in [0.717, 1.165) is 37.7 Å². The van der Waals surface area contributed by atoms with Gasteiger partial charge in [0.15, 0.2) is 0 Å². The Hall–Kier alpha value is -0.120. The first-order chi connectivity index (χ1) is 8.54. The van der Waals surface area contributed by atoms with Gasteiger partial charge in [-0.25, -0.2) is 0 Å². The Bertz CT molecular complexity index is 223. The van der Waals surface area contributed by atoms with Gasteiger partial charge in [0.05, 0.1) is 11.6 Å². The molecule has 1 rings (SSSR count). The van der Waals surface area contributed by atoms with Crippen molar-refractivity contribution in [2.45, 2.75) is 77.9 Å². The highest BCUT2D eigenvalue weighted by Gasteiger charge is 2.41. The van der Waals surface area contributed by atoms with Crippen LogP contribution in [-0.2, 0) is 4.74 Å². The van der Waals surface area contributed by atoms with E-state index in [9.17, 15) is 0 Å². The van der Waals surface area contributed by atoms with E-state index >= 15 is 0 Å². The highest BCUT2D eigenvalue weighted by atomic mass is 16.5. The predicted molar refractivity (Wildman–Crippen MR) is 77.2 cm³/mol. The summed E-state index contributed by atoms with van der Waals surface area (Å²) in [4.78, 5) is 0. The van der Waals surface area contributed by atoms with Crippen molar-refractivity contribution in [1.29, 1.82) is 0 Å². The van der Waals surface area contributed by atoms with Gasteiger partial charge in [0.2, 0.25) is 0 Å². The first-order valence-corrected chi connectivity index (χ1v) is 7.64. The van der Waals surface area contributed by atoms with Crippen molar-refractivity contribution in [3.8, 4) is 0 Å². The molecule has 1 fully saturated rings. The molecule has 0 saturated heterocycles. The molecule has 0 heterocycles. The lowest BCUT2D eigenvalue weighted by Gasteiger charge is -2.44. The lowest BCUT2D eigenvalue weighted by Crippen LogP contribution is -2.56. The van der Waals surface area contributed by atoms with Crippen LogP contribution in [0.15, 0.2) is 0 Å². The Morgan fingerprint density at radius 2 is 1.89 bits per heavy atom. The van der Waals surface area contributed by atoms with Gasteiger partial charge in [-0.3, -0.25) is 11.3 Å². The number of hydrogen-bond donors (Lipinski definition) is 2. The summed E-state index contributed by atoms with van der Waals surface area (Å²) < 4.78 is 6.16. The van der Waals surface area contributed by atoms with E-state index in [1.807, 2.05) is 0 Å². The average Bonchev–Trinajstić information content (AvgIpc) is 2.33. The topological polar surface area (TPSA) is 47.3 Å². The summed E-state index contributed by atoms with van der Waals surface area (Å²) in [5, 5.41) is 0. The lowest BCUT2D eigenvalue weighted by molar-refractivity contribution is -0.0985. The molecule has 18 heavy (non-hydrogen) atoms. The van der Waals surface area contributed by atoms with Crippen molar-refractivity contribution in [1.82, 2.24) is 5.43 Å². The first-order valence-electron chi connectivity index (χ1n) is 7.64. The first kappa shape index (κ1) is 15.9. The van der Waals surface area contributed by atoms with Crippen molar-refractivity contribution in [2.24, 2.45) is 17.7 Å². The molecule has 3 heteroatoms. The number of nitrogens with two attached hydrogens (primary N) is 1. The fourth-order valence-corrected chi connectivity index (χ4v) is 3.13. The summed E-state index contributed by atoms with van der Waals surface area (Å²) in [5.74, 6) is 7.37. The third-order valence-electron chi connectivity index (χ3n) is 4.42.